The van der Waals surface area contributed by atoms with Crippen LogP contribution in [0.4, 0.5) is 0 Å². The number of hydrogen-bond donors (Lipinski definition) is 0. The van der Waals surface area contributed by atoms with Gasteiger partial charge >= 0.3 is 0 Å². The highest BCUT2D eigenvalue weighted by molar-refractivity contribution is 6.30. The SMILES string of the molecule is CC(C)CN(CCC(=O)c1ccc(Cl)cc1)C(C)C. The van der Waals surface area contributed by atoms with Gasteiger partial charge in [0.25, 0.3) is 0 Å². The molecule has 0 aliphatic carbocycles. The van der Waals surface area contributed by atoms with Crippen molar-refractivity contribution in [3.8, 4) is 0 Å². The van der Waals surface area contributed by atoms with Gasteiger partial charge in [0.1, 0.15) is 0 Å². The largest absolute Gasteiger partial charge is 0.300 e. The molecule has 0 N–H and O–H groups in total. The van der Waals surface area contributed by atoms with E-state index in [9.17, 15) is 4.79 Å². The molecular formula is C16H24ClNO. The van der Waals surface area contributed by atoms with E-state index in [1.165, 1.54) is 0 Å². The lowest BCUT2D eigenvalue weighted by Gasteiger charge is -2.27. The first-order valence-electron chi connectivity index (χ1n) is 6.93. The minimum atomic E-state index is 0.186. The fourth-order valence-corrected chi connectivity index (χ4v) is 2.18. The van der Waals surface area contributed by atoms with Crippen LogP contribution in [0.25, 0.3) is 0 Å². The monoisotopic (exact) mass is 281 g/mol. The zero-order valence-electron chi connectivity index (χ0n) is 12.3. The van der Waals surface area contributed by atoms with Crippen molar-refractivity contribution >= 4 is 17.4 Å². The van der Waals surface area contributed by atoms with Gasteiger partial charge in [0.2, 0.25) is 0 Å². The van der Waals surface area contributed by atoms with Crippen molar-refractivity contribution in [2.24, 2.45) is 5.92 Å². The molecule has 0 bridgehead atoms. The first kappa shape index (κ1) is 16.2. The number of carbonyl (C=O) groups is 1. The molecule has 0 fully saturated rings. The molecule has 0 saturated carbocycles. The van der Waals surface area contributed by atoms with Gasteiger partial charge in [0, 0.05) is 36.1 Å². The Morgan fingerprint density at radius 3 is 2.21 bits per heavy atom. The van der Waals surface area contributed by atoms with E-state index in [4.69, 9.17) is 11.6 Å². The number of ketones is 1. The van der Waals surface area contributed by atoms with Crippen molar-refractivity contribution in [3.05, 3.63) is 34.9 Å². The van der Waals surface area contributed by atoms with Crippen molar-refractivity contribution in [2.45, 2.75) is 40.2 Å². The summed E-state index contributed by atoms with van der Waals surface area (Å²) in [6.07, 6.45) is 0.562. The minimum absolute atomic E-state index is 0.186. The molecule has 2 nitrogen and oxygen atoms in total. The quantitative estimate of drug-likeness (QED) is 0.695. The summed E-state index contributed by atoms with van der Waals surface area (Å²) in [5.74, 6) is 0.805. The molecule has 19 heavy (non-hydrogen) atoms. The number of carbonyl (C=O) groups excluding carboxylic acids is 1. The second-order valence-electron chi connectivity index (χ2n) is 5.66. The molecule has 0 heterocycles. The van der Waals surface area contributed by atoms with Gasteiger partial charge in [-0.3, -0.25) is 4.79 Å². The summed E-state index contributed by atoms with van der Waals surface area (Å²) in [6.45, 7) is 10.6. The van der Waals surface area contributed by atoms with E-state index in [1.807, 2.05) is 0 Å². The molecule has 0 aliphatic rings. The van der Waals surface area contributed by atoms with Gasteiger partial charge in [-0.05, 0) is 44.0 Å². The molecule has 1 aromatic rings. The molecule has 0 aromatic heterocycles. The zero-order chi connectivity index (χ0) is 14.4. The van der Waals surface area contributed by atoms with Crippen molar-refractivity contribution in [1.29, 1.82) is 0 Å². The van der Waals surface area contributed by atoms with E-state index < -0.39 is 0 Å². The number of Topliss-reactive ketones (excluding diaryl/α,β-unsaturated/α-hetero) is 1. The molecule has 1 aromatic carbocycles. The van der Waals surface area contributed by atoms with Gasteiger partial charge in [-0.2, -0.15) is 0 Å². The third-order valence-electron chi connectivity index (χ3n) is 3.12. The molecule has 0 spiro atoms. The maximum atomic E-state index is 12.1. The van der Waals surface area contributed by atoms with Crippen LogP contribution >= 0.6 is 11.6 Å². The predicted octanol–water partition coefficient (Wildman–Crippen LogP) is 4.28. The lowest BCUT2D eigenvalue weighted by Crippen LogP contribution is -2.35. The van der Waals surface area contributed by atoms with Gasteiger partial charge in [-0.25, -0.2) is 0 Å². The summed E-state index contributed by atoms with van der Waals surface area (Å²) in [6, 6.07) is 7.60. The molecule has 0 saturated heterocycles. The number of halogens is 1. The molecule has 1 rings (SSSR count). The van der Waals surface area contributed by atoms with Crippen molar-refractivity contribution in [2.75, 3.05) is 13.1 Å². The van der Waals surface area contributed by atoms with Crippen LogP contribution in [0, 0.1) is 5.92 Å². The first-order valence-corrected chi connectivity index (χ1v) is 7.30. The van der Waals surface area contributed by atoms with Gasteiger partial charge in [-0.1, -0.05) is 25.4 Å². The summed E-state index contributed by atoms with van der Waals surface area (Å²) in [5.41, 5.74) is 0.748. The average Bonchev–Trinajstić information content (AvgIpc) is 2.34. The fourth-order valence-electron chi connectivity index (χ4n) is 2.05. The second kappa shape index (κ2) is 7.66. The summed E-state index contributed by atoms with van der Waals surface area (Å²) in [7, 11) is 0. The van der Waals surface area contributed by atoms with Gasteiger partial charge in [-0.15, -0.1) is 0 Å². The second-order valence-corrected chi connectivity index (χ2v) is 6.10. The minimum Gasteiger partial charge on any atom is -0.300 e. The van der Waals surface area contributed by atoms with Crippen LogP contribution in [-0.4, -0.2) is 29.8 Å². The average molecular weight is 282 g/mol. The summed E-state index contributed by atoms with van der Waals surface area (Å²) < 4.78 is 0. The first-order chi connectivity index (χ1) is 8.90. The highest BCUT2D eigenvalue weighted by Crippen LogP contribution is 2.12. The Hall–Kier alpha value is -0.860. The molecule has 0 unspecified atom stereocenters. The van der Waals surface area contributed by atoms with E-state index in [2.05, 4.69) is 32.6 Å². The number of rotatable bonds is 7. The van der Waals surface area contributed by atoms with Crippen molar-refractivity contribution in [3.63, 3.8) is 0 Å². The third-order valence-corrected chi connectivity index (χ3v) is 3.37. The molecule has 106 valence electrons. The van der Waals surface area contributed by atoms with Gasteiger partial charge in [0.05, 0.1) is 0 Å². The van der Waals surface area contributed by atoms with E-state index >= 15 is 0 Å². The highest BCUT2D eigenvalue weighted by atomic mass is 35.5. The molecule has 0 atom stereocenters. The Bertz CT molecular complexity index is 398. The van der Waals surface area contributed by atoms with Crippen LogP contribution in [-0.2, 0) is 0 Å². The molecular weight excluding hydrogens is 258 g/mol. The number of hydrogen-bond acceptors (Lipinski definition) is 2. The highest BCUT2D eigenvalue weighted by Gasteiger charge is 2.13. The molecule has 0 amide bonds. The van der Waals surface area contributed by atoms with Crippen LogP contribution in [0.3, 0.4) is 0 Å². The van der Waals surface area contributed by atoms with E-state index in [0.717, 1.165) is 18.7 Å². The van der Waals surface area contributed by atoms with Crippen LogP contribution in [0.2, 0.25) is 5.02 Å². The smallest absolute Gasteiger partial charge is 0.164 e. The molecule has 3 heteroatoms. The Labute approximate surface area is 121 Å². The third kappa shape index (κ3) is 5.75. The van der Waals surface area contributed by atoms with Crippen LogP contribution in [0.1, 0.15) is 44.5 Å². The zero-order valence-corrected chi connectivity index (χ0v) is 13.1. The Morgan fingerprint density at radius 1 is 1.16 bits per heavy atom. The van der Waals surface area contributed by atoms with Crippen LogP contribution in [0.15, 0.2) is 24.3 Å². The maximum Gasteiger partial charge on any atom is 0.164 e. The van der Waals surface area contributed by atoms with Crippen molar-refractivity contribution in [1.82, 2.24) is 4.90 Å². The van der Waals surface area contributed by atoms with E-state index in [0.29, 0.717) is 23.4 Å². The lowest BCUT2D eigenvalue weighted by atomic mass is 10.1. The molecule has 0 radical (unpaired) electrons. The van der Waals surface area contributed by atoms with Crippen molar-refractivity contribution < 1.29 is 4.79 Å². The standard InChI is InChI=1S/C16H24ClNO/c1-12(2)11-18(13(3)4)10-9-16(19)14-5-7-15(17)8-6-14/h5-8,12-13H,9-11H2,1-4H3. The summed E-state index contributed by atoms with van der Waals surface area (Å²) >= 11 is 5.82. The summed E-state index contributed by atoms with van der Waals surface area (Å²) in [5, 5.41) is 0.667. The van der Waals surface area contributed by atoms with E-state index in [1.54, 1.807) is 24.3 Å². The van der Waals surface area contributed by atoms with Gasteiger partial charge in [0.15, 0.2) is 5.78 Å². The Morgan fingerprint density at radius 2 is 1.74 bits per heavy atom. The van der Waals surface area contributed by atoms with Crippen LogP contribution < -0.4 is 0 Å². The lowest BCUT2D eigenvalue weighted by molar-refractivity contribution is 0.0950. The Kier molecular flexibility index (Phi) is 6.53. The number of nitrogens with zero attached hydrogens (tertiary/aromatic N) is 1. The number of benzene rings is 1. The Balaban J connectivity index is 2.54. The molecule has 0 aliphatic heterocycles. The topological polar surface area (TPSA) is 20.3 Å². The van der Waals surface area contributed by atoms with E-state index in [-0.39, 0.29) is 5.78 Å². The van der Waals surface area contributed by atoms with Crippen LogP contribution in [0.5, 0.6) is 0 Å². The fraction of sp³-hybridized carbons (Fsp3) is 0.562. The van der Waals surface area contributed by atoms with Gasteiger partial charge < -0.3 is 4.90 Å². The predicted molar refractivity (Wildman–Crippen MR) is 81.9 cm³/mol. The maximum absolute atomic E-state index is 12.1. The normalized spacial score (nSPS) is 11.6. The summed E-state index contributed by atoms with van der Waals surface area (Å²) in [4.78, 5) is 14.5.